The van der Waals surface area contributed by atoms with Crippen LogP contribution in [0.4, 0.5) is 0 Å². The van der Waals surface area contributed by atoms with Crippen molar-refractivity contribution in [3.63, 3.8) is 0 Å². The highest BCUT2D eigenvalue weighted by atomic mass is 16.1. The summed E-state index contributed by atoms with van der Waals surface area (Å²) in [6, 6.07) is 0. The summed E-state index contributed by atoms with van der Waals surface area (Å²) < 4.78 is 0. The number of nitrogens with two attached hydrogens (primary N) is 1. The maximum absolute atomic E-state index is 11.4. The normalized spacial score (nSPS) is 17.9. The van der Waals surface area contributed by atoms with E-state index in [0.717, 1.165) is 32.4 Å². The average Bonchev–Trinajstić information content (AvgIpc) is 2.96. The number of rotatable bonds is 7. The smallest absolute Gasteiger partial charge is 0.220 e. The molecule has 1 atom stereocenters. The lowest BCUT2D eigenvalue weighted by Gasteiger charge is -2.14. The van der Waals surface area contributed by atoms with Crippen LogP contribution in [0.5, 0.6) is 0 Å². The van der Waals surface area contributed by atoms with Crippen molar-refractivity contribution in [2.75, 3.05) is 13.1 Å². The summed E-state index contributed by atoms with van der Waals surface area (Å²) in [4.78, 5) is 11.4. The van der Waals surface area contributed by atoms with E-state index < -0.39 is 0 Å². The zero-order valence-electron chi connectivity index (χ0n) is 9.09. The molecular weight excluding hydrogens is 176 g/mol. The highest BCUT2D eigenvalue weighted by Crippen LogP contribution is 2.32. The van der Waals surface area contributed by atoms with Gasteiger partial charge in [0.1, 0.15) is 0 Å². The third-order valence-corrected chi connectivity index (χ3v) is 2.91. The van der Waals surface area contributed by atoms with E-state index in [9.17, 15) is 4.79 Å². The molecular formula is C11H22N2O. The lowest BCUT2D eigenvalue weighted by atomic mass is 10.0. The van der Waals surface area contributed by atoms with Crippen LogP contribution in [0.1, 0.15) is 39.0 Å². The van der Waals surface area contributed by atoms with Crippen molar-refractivity contribution in [2.45, 2.75) is 39.0 Å². The Kier molecular flexibility index (Phi) is 4.94. The first kappa shape index (κ1) is 11.5. The van der Waals surface area contributed by atoms with Gasteiger partial charge in [0.05, 0.1) is 0 Å². The van der Waals surface area contributed by atoms with Gasteiger partial charge >= 0.3 is 0 Å². The second-order valence-corrected chi connectivity index (χ2v) is 4.30. The van der Waals surface area contributed by atoms with E-state index in [1.54, 1.807) is 0 Å². The molecule has 0 aromatic carbocycles. The third kappa shape index (κ3) is 4.61. The Morgan fingerprint density at radius 2 is 2.29 bits per heavy atom. The van der Waals surface area contributed by atoms with Crippen molar-refractivity contribution in [1.29, 1.82) is 0 Å². The fraction of sp³-hybridized carbons (Fsp3) is 0.909. The molecule has 0 aliphatic heterocycles. The minimum atomic E-state index is 0.225. The van der Waals surface area contributed by atoms with E-state index in [-0.39, 0.29) is 5.91 Å². The van der Waals surface area contributed by atoms with E-state index >= 15 is 0 Å². The largest absolute Gasteiger partial charge is 0.356 e. The van der Waals surface area contributed by atoms with E-state index in [4.69, 9.17) is 5.73 Å². The summed E-state index contributed by atoms with van der Waals surface area (Å²) in [7, 11) is 0. The van der Waals surface area contributed by atoms with Gasteiger partial charge in [-0.25, -0.2) is 0 Å². The van der Waals surface area contributed by atoms with Crippen molar-refractivity contribution >= 4 is 5.91 Å². The molecule has 1 fully saturated rings. The standard InChI is InChI=1S/C11H22N2O/c1-2-9(5-6-12)8-13-11(14)7-10-3-4-10/h9-10H,2-8,12H2,1H3,(H,13,14). The maximum Gasteiger partial charge on any atom is 0.220 e. The van der Waals surface area contributed by atoms with Crippen LogP contribution >= 0.6 is 0 Å². The SMILES string of the molecule is CCC(CCN)CNC(=O)CC1CC1. The van der Waals surface area contributed by atoms with Gasteiger partial charge in [0, 0.05) is 13.0 Å². The number of carbonyl (C=O) groups is 1. The van der Waals surface area contributed by atoms with Crippen LogP contribution in [0.15, 0.2) is 0 Å². The first-order chi connectivity index (χ1) is 6.76. The van der Waals surface area contributed by atoms with Gasteiger partial charge in [-0.2, -0.15) is 0 Å². The summed E-state index contributed by atoms with van der Waals surface area (Å²) >= 11 is 0. The molecule has 3 heteroatoms. The molecule has 0 spiro atoms. The lowest BCUT2D eigenvalue weighted by molar-refractivity contribution is -0.121. The van der Waals surface area contributed by atoms with E-state index in [2.05, 4.69) is 12.2 Å². The molecule has 82 valence electrons. The fourth-order valence-electron chi connectivity index (χ4n) is 1.60. The minimum Gasteiger partial charge on any atom is -0.356 e. The van der Waals surface area contributed by atoms with Gasteiger partial charge in [0.15, 0.2) is 0 Å². The molecule has 1 rings (SSSR count). The summed E-state index contributed by atoms with van der Waals surface area (Å²) in [6.45, 7) is 3.67. The van der Waals surface area contributed by atoms with Gasteiger partial charge in [0.2, 0.25) is 5.91 Å². The minimum absolute atomic E-state index is 0.225. The molecule has 0 aromatic heterocycles. The molecule has 1 amide bonds. The van der Waals surface area contributed by atoms with Crippen molar-refractivity contribution in [3.05, 3.63) is 0 Å². The molecule has 1 aliphatic carbocycles. The van der Waals surface area contributed by atoms with E-state index in [1.165, 1.54) is 12.8 Å². The van der Waals surface area contributed by atoms with Crippen LogP contribution in [-0.2, 0) is 4.79 Å². The first-order valence-electron chi connectivity index (χ1n) is 5.73. The third-order valence-electron chi connectivity index (χ3n) is 2.91. The molecule has 0 aromatic rings. The zero-order valence-corrected chi connectivity index (χ0v) is 9.09. The molecule has 1 aliphatic rings. The van der Waals surface area contributed by atoms with Crippen molar-refractivity contribution < 1.29 is 4.79 Å². The Hall–Kier alpha value is -0.570. The molecule has 3 nitrogen and oxygen atoms in total. The van der Waals surface area contributed by atoms with Crippen LogP contribution in [-0.4, -0.2) is 19.0 Å². The van der Waals surface area contributed by atoms with Crippen LogP contribution in [0.3, 0.4) is 0 Å². The Balaban J connectivity index is 2.06. The number of hydrogen-bond acceptors (Lipinski definition) is 2. The quantitative estimate of drug-likeness (QED) is 0.647. The lowest BCUT2D eigenvalue weighted by Crippen LogP contribution is -2.30. The molecule has 0 heterocycles. The Labute approximate surface area is 86.4 Å². The van der Waals surface area contributed by atoms with Crippen molar-refractivity contribution in [3.8, 4) is 0 Å². The number of nitrogens with one attached hydrogen (secondary N) is 1. The van der Waals surface area contributed by atoms with Crippen molar-refractivity contribution in [2.24, 2.45) is 17.6 Å². The van der Waals surface area contributed by atoms with Crippen LogP contribution in [0.2, 0.25) is 0 Å². The monoisotopic (exact) mass is 198 g/mol. The summed E-state index contributed by atoms with van der Waals surface area (Å²) in [5, 5.41) is 3.00. The number of hydrogen-bond donors (Lipinski definition) is 2. The molecule has 0 radical (unpaired) electrons. The number of carbonyl (C=O) groups excluding carboxylic acids is 1. The maximum atomic E-state index is 11.4. The van der Waals surface area contributed by atoms with Gasteiger partial charge < -0.3 is 11.1 Å². The highest BCUT2D eigenvalue weighted by molar-refractivity contribution is 5.76. The van der Waals surface area contributed by atoms with Gasteiger partial charge in [-0.05, 0) is 37.6 Å². The molecule has 14 heavy (non-hydrogen) atoms. The highest BCUT2D eigenvalue weighted by Gasteiger charge is 2.24. The topological polar surface area (TPSA) is 55.1 Å². The molecule has 1 saturated carbocycles. The summed E-state index contributed by atoms with van der Waals surface area (Å²) in [5.41, 5.74) is 5.49. The van der Waals surface area contributed by atoms with Crippen LogP contribution in [0, 0.1) is 11.8 Å². The second-order valence-electron chi connectivity index (χ2n) is 4.30. The molecule has 1 unspecified atom stereocenters. The van der Waals surface area contributed by atoms with Gasteiger partial charge in [-0.3, -0.25) is 4.79 Å². The Bertz CT molecular complexity index is 178. The zero-order chi connectivity index (χ0) is 10.4. The van der Waals surface area contributed by atoms with Crippen LogP contribution < -0.4 is 11.1 Å². The van der Waals surface area contributed by atoms with E-state index in [1.807, 2.05) is 0 Å². The first-order valence-corrected chi connectivity index (χ1v) is 5.73. The molecule has 0 bridgehead atoms. The summed E-state index contributed by atoms with van der Waals surface area (Å²) in [5.74, 6) is 1.47. The van der Waals surface area contributed by atoms with Crippen LogP contribution in [0.25, 0.3) is 0 Å². The fourth-order valence-corrected chi connectivity index (χ4v) is 1.60. The van der Waals surface area contributed by atoms with E-state index in [0.29, 0.717) is 11.8 Å². The van der Waals surface area contributed by atoms with Gasteiger partial charge in [-0.1, -0.05) is 13.3 Å². The summed E-state index contributed by atoms with van der Waals surface area (Å²) in [6.07, 6.45) is 5.33. The average molecular weight is 198 g/mol. The predicted octanol–water partition coefficient (Wildman–Crippen LogP) is 1.28. The number of amides is 1. The molecule has 3 N–H and O–H groups in total. The Morgan fingerprint density at radius 3 is 2.79 bits per heavy atom. The van der Waals surface area contributed by atoms with Crippen molar-refractivity contribution in [1.82, 2.24) is 5.32 Å². The van der Waals surface area contributed by atoms with Gasteiger partial charge in [-0.15, -0.1) is 0 Å². The van der Waals surface area contributed by atoms with Gasteiger partial charge in [0.25, 0.3) is 0 Å². The molecule has 0 saturated heterocycles. The second kappa shape index (κ2) is 6.02. The Morgan fingerprint density at radius 1 is 1.57 bits per heavy atom. The predicted molar refractivity (Wildman–Crippen MR) is 57.8 cm³/mol.